The molecule has 0 radical (unpaired) electrons. The molecule has 0 aliphatic rings. The van der Waals surface area contributed by atoms with Crippen molar-refractivity contribution >= 4 is 5.91 Å². The molecular formula is C11H15NO3. The molecule has 0 aliphatic heterocycles. The summed E-state index contributed by atoms with van der Waals surface area (Å²) in [4.78, 5) is 11.2. The summed E-state index contributed by atoms with van der Waals surface area (Å²) in [7, 11) is 0. The zero-order chi connectivity index (χ0) is 11.1. The summed E-state index contributed by atoms with van der Waals surface area (Å²) in [5.74, 6) is -0.264. The van der Waals surface area contributed by atoms with Crippen LogP contribution in [0.1, 0.15) is 12.0 Å². The monoisotopic (exact) mass is 209 g/mol. The van der Waals surface area contributed by atoms with Crippen molar-refractivity contribution in [3.05, 3.63) is 35.9 Å². The van der Waals surface area contributed by atoms with Crippen molar-refractivity contribution < 1.29 is 15.0 Å². The molecule has 0 saturated carbocycles. The molecule has 1 aromatic carbocycles. The maximum absolute atomic E-state index is 11.2. The molecule has 0 heterocycles. The topological polar surface area (TPSA) is 69.6 Å². The first-order valence-electron chi connectivity index (χ1n) is 4.82. The highest BCUT2D eigenvalue weighted by molar-refractivity contribution is 5.76. The lowest BCUT2D eigenvalue weighted by molar-refractivity contribution is -0.123. The van der Waals surface area contributed by atoms with Gasteiger partial charge in [-0.05, 0) is 5.56 Å². The van der Waals surface area contributed by atoms with Crippen LogP contribution in [0.25, 0.3) is 0 Å². The van der Waals surface area contributed by atoms with Gasteiger partial charge in [-0.25, -0.2) is 0 Å². The van der Waals surface area contributed by atoms with Gasteiger partial charge in [0.15, 0.2) is 0 Å². The lowest BCUT2D eigenvalue weighted by atomic mass is 10.2. The number of aliphatic hydroxyl groups is 2. The molecule has 1 unspecified atom stereocenters. The van der Waals surface area contributed by atoms with Gasteiger partial charge < -0.3 is 15.5 Å². The summed E-state index contributed by atoms with van der Waals surface area (Å²) in [6.45, 7) is 0.0522. The molecule has 0 spiro atoms. The van der Waals surface area contributed by atoms with Gasteiger partial charge in [-0.1, -0.05) is 30.3 Å². The Morgan fingerprint density at radius 2 is 2.00 bits per heavy atom. The number of benzene rings is 1. The van der Waals surface area contributed by atoms with Crippen molar-refractivity contribution in [1.82, 2.24) is 5.32 Å². The SMILES string of the molecule is O=C(CC(O)CO)NCc1ccccc1. The average molecular weight is 209 g/mol. The summed E-state index contributed by atoms with van der Waals surface area (Å²) < 4.78 is 0. The normalized spacial score (nSPS) is 12.1. The van der Waals surface area contributed by atoms with Crippen LogP contribution in [0.2, 0.25) is 0 Å². The zero-order valence-electron chi connectivity index (χ0n) is 8.39. The van der Waals surface area contributed by atoms with E-state index >= 15 is 0 Å². The van der Waals surface area contributed by atoms with Gasteiger partial charge in [0.05, 0.1) is 19.1 Å². The highest BCUT2D eigenvalue weighted by Crippen LogP contribution is 1.98. The molecule has 0 bridgehead atoms. The number of carbonyl (C=O) groups excluding carboxylic acids is 1. The first kappa shape index (κ1) is 11.7. The van der Waals surface area contributed by atoms with Crippen LogP contribution in [0.5, 0.6) is 0 Å². The minimum absolute atomic E-state index is 0.0661. The van der Waals surface area contributed by atoms with Gasteiger partial charge in [-0.2, -0.15) is 0 Å². The van der Waals surface area contributed by atoms with Gasteiger partial charge in [-0.3, -0.25) is 4.79 Å². The third-order valence-corrected chi connectivity index (χ3v) is 1.96. The largest absolute Gasteiger partial charge is 0.394 e. The molecule has 82 valence electrons. The molecule has 0 aliphatic carbocycles. The Balaban J connectivity index is 2.29. The van der Waals surface area contributed by atoms with Crippen LogP contribution in [-0.2, 0) is 11.3 Å². The van der Waals surface area contributed by atoms with E-state index < -0.39 is 12.7 Å². The van der Waals surface area contributed by atoms with Crippen LogP contribution in [0.15, 0.2) is 30.3 Å². The van der Waals surface area contributed by atoms with Crippen molar-refractivity contribution in [3.8, 4) is 0 Å². The van der Waals surface area contributed by atoms with Crippen molar-refractivity contribution in [2.75, 3.05) is 6.61 Å². The molecule has 0 fully saturated rings. The summed E-state index contributed by atoms with van der Waals surface area (Å²) in [6.07, 6.45) is -1.04. The quantitative estimate of drug-likeness (QED) is 0.641. The Hall–Kier alpha value is -1.39. The predicted molar refractivity (Wildman–Crippen MR) is 56.0 cm³/mol. The Kier molecular flexibility index (Phi) is 4.80. The Labute approximate surface area is 88.6 Å². The van der Waals surface area contributed by atoms with Crippen molar-refractivity contribution in [2.24, 2.45) is 0 Å². The van der Waals surface area contributed by atoms with E-state index in [1.807, 2.05) is 30.3 Å². The third-order valence-electron chi connectivity index (χ3n) is 1.96. The van der Waals surface area contributed by atoms with E-state index in [1.54, 1.807) is 0 Å². The second-order valence-electron chi connectivity index (χ2n) is 3.30. The maximum Gasteiger partial charge on any atom is 0.222 e. The van der Waals surface area contributed by atoms with Crippen molar-refractivity contribution in [2.45, 2.75) is 19.1 Å². The van der Waals surface area contributed by atoms with E-state index in [2.05, 4.69) is 5.32 Å². The van der Waals surface area contributed by atoms with E-state index in [0.717, 1.165) is 5.56 Å². The maximum atomic E-state index is 11.2. The average Bonchev–Trinajstić information content (AvgIpc) is 2.27. The molecule has 4 nitrogen and oxygen atoms in total. The van der Waals surface area contributed by atoms with E-state index in [1.165, 1.54) is 0 Å². The number of hydrogen-bond donors (Lipinski definition) is 3. The molecule has 0 saturated heterocycles. The Bertz CT molecular complexity index is 300. The number of aliphatic hydroxyl groups excluding tert-OH is 2. The fraction of sp³-hybridized carbons (Fsp3) is 0.364. The highest BCUT2D eigenvalue weighted by Gasteiger charge is 2.08. The molecule has 1 atom stereocenters. The standard InChI is InChI=1S/C11H15NO3/c13-8-10(14)6-11(15)12-7-9-4-2-1-3-5-9/h1-5,10,13-14H,6-8H2,(H,12,15). The van der Waals surface area contributed by atoms with Crippen LogP contribution in [0, 0.1) is 0 Å². The molecule has 4 heteroatoms. The second kappa shape index (κ2) is 6.16. The minimum atomic E-state index is -0.972. The first-order chi connectivity index (χ1) is 7.22. The molecule has 1 rings (SSSR count). The molecule has 3 N–H and O–H groups in total. The summed E-state index contributed by atoms with van der Waals surface area (Å²) in [6, 6.07) is 9.50. The summed E-state index contributed by atoms with van der Waals surface area (Å²) >= 11 is 0. The Morgan fingerprint density at radius 3 is 2.60 bits per heavy atom. The summed E-state index contributed by atoms with van der Waals surface area (Å²) in [5.41, 5.74) is 1.00. The van der Waals surface area contributed by atoms with Gasteiger partial charge in [0.2, 0.25) is 5.91 Å². The Morgan fingerprint density at radius 1 is 1.33 bits per heavy atom. The van der Waals surface area contributed by atoms with Crippen LogP contribution in [0.4, 0.5) is 0 Å². The minimum Gasteiger partial charge on any atom is -0.394 e. The van der Waals surface area contributed by atoms with Crippen molar-refractivity contribution in [3.63, 3.8) is 0 Å². The summed E-state index contributed by atoms with van der Waals surface area (Å²) in [5, 5.41) is 20.2. The van der Waals surface area contributed by atoms with Gasteiger partial charge in [0, 0.05) is 6.54 Å². The van der Waals surface area contributed by atoms with E-state index in [-0.39, 0.29) is 12.3 Å². The number of nitrogens with one attached hydrogen (secondary N) is 1. The van der Waals surface area contributed by atoms with E-state index in [9.17, 15) is 4.79 Å². The third kappa shape index (κ3) is 4.58. The molecule has 1 amide bonds. The van der Waals surface area contributed by atoms with Gasteiger partial charge in [0.25, 0.3) is 0 Å². The predicted octanol–water partition coefficient (Wildman–Crippen LogP) is 0.0461. The fourth-order valence-corrected chi connectivity index (χ4v) is 1.15. The molecule has 15 heavy (non-hydrogen) atoms. The lowest BCUT2D eigenvalue weighted by Gasteiger charge is -2.08. The highest BCUT2D eigenvalue weighted by atomic mass is 16.3. The number of carbonyl (C=O) groups is 1. The smallest absolute Gasteiger partial charge is 0.222 e. The second-order valence-corrected chi connectivity index (χ2v) is 3.30. The van der Waals surface area contributed by atoms with E-state index in [0.29, 0.717) is 6.54 Å². The van der Waals surface area contributed by atoms with Gasteiger partial charge in [-0.15, -0.1) is 0 Å². The van der Waals surface area contributed by atoms with Crippen LogP contribution >= 0.6 is 0 Å². The van der Waals surface area contributed by atoms with E-state index in [4.69, 9.17) is 10.2 Å². The van der Waals surface area contributed by atoms with Crippen LogP contribution in [-0.4, -0.2) is 28.8 Å². The number of hydrogen-bond acceptors (Lipinski definition) is 3. The number of rotatable bonds is 5. The first-order valence-corrected chi connectivity index (χ1v) is 4.82. The number of amides is 1. The van der Waals surface area contributed by atoms with Gasteiger partial charge >= 0.3 is 0 Å². The van der Waals surface area contributed by atoms with Gasteiger partial charge in [0.1, 0.15) is 0 Å². The molecular weight excluding hydrogens is 194 g/mol. The fourth-order valence-electron chi connectivity index (χ4n) is 1.15. The zero-order valence-corrected chi connectivity index (χ0v) is 8.39. The van der Waals surface area contributed by atoms with Crippen LogP contribution < -0.4 is 5.32 Å². The van der Waals surface area contributed by atoms with Crippen LogP contribution in [0.3, 0.4) is 0 Å². The lowest BCUT2D eigenvalue weighted by Crippen LogP contribution is -2.28. The molecule has 1 aromatic rings. The van der Waals surface area contributed by atoms with Crippen molar-refractivity contribution in [1.29, 1.82) is 0 Å². The molecule has 0 aromatic heterocycles.